The molecule has 1 aromatic heterocycles. The number of carbonyl (C=O) groups is 2. The van der Waals surface area contributed by atoms with Gasteiger partial charge in [0.05, 0.1) is 11.8 Å². The Balaban J connectivity index is 1.75. The van der Waals surface area contributed by atoms with Crippen LogP contribution in [0.1, 0.15) is 42.0 Å². The summed E-state index contributed by atoms with van der Waals surface area (Å²) >= 11 is 1.73. The normalized spacial score (nSPS) is 26.1. The molecule has 0 radical (unpaired) electrons. The molecule has 1 N–H and O–H groups in total. The highest BCUT2D eigenvalue weighted by atomic mass is 32.1. The Morgan fingerprint density at radius 3 is 2.95 bits per heavy atom. The number of hydrogen-bond acceptors (Lipinski definition) is 3. The molecule has 3 rings (SSSR count). The zero-order chi connectivity index (χ0) is 14.1. The molecule has 2 heterocycles. The molecule has 1 aromatic rings. The van der Waals surface area contributed by atoms with Gasteiger partial charge in [-0.15, -0.1) is 11.3 Å². The molecule has 108 valence electrons. The predicted octanol–water partition coefficient (Wildman–Crippen LogP) is 2.49. The lowest BCUT2D eigenvalue weighted by atomic mass is 9.86. The highest BCUT2D eigenvalue weighted by molar-refractivity contribution is 7.10. The van der Waals surface area contributed by atoms with Gasteiger partial charge in [0.15, 0.2) is 0 Å². The molecule has 4 nitrogen and oxygen atoms in total. The van der Waals surface area contributed by atoms with Crippen LogP contribution >= 0.6 is 11.3 Å². The molecule has 0 aromatic carbocycles. The van der Waals surface area contributed by atoms with Gasteiger partial charge in [0.2, 0.25) is 5.91 Å². The number of nitrogens with zero attached hydrogens (tertiary/aromatic N) is 1. The van der Waals surface area contributed by atoms with E-state index in [9.17, 15) is 9.59 Å². The summed E-state index contributed by atoms with van der Waals surface area (Å²) in [5.41, 5.74) is 1.18. The Morgan fingerprint density at radius 2 is 2.15 bits per heavy atom. The van der Waals surface area contributed by atoms with Crippen molar-refractivity contribution < 1.29 is 14.7 Å². The van der Waals surface area contributed by atoms with Crippen LogP contribution in [0.2, 0.25) is 0 Å². The zero-order valence-corrected chi connectivity index (χ0v) is 12.2. The van der Waals surface area contributed by atoms with Gasteiger partial charge in [0, 0.05) is 18.0 Å². The minimum Gasteiger partial charge on any atom is -0.481 e. The fourth-order valence-electron chi connectivity index (χ4n) is 3.34. The lowest BCUT2D eigenvalue weighted by Crippen LogP contribution is -2.44. The largest absolute Gasteiger partial charge is 0.481 e. The number of rotatable bonds is 2. The van der Waals surface area contributed by atoms with Crippen LogP contribution < -0.4 is 0 Å². The first-order chi connectivity index (χ1) is 9.66. The first kappa shape index (κ1) is 13.6. The summed E-state index contributed by atoms with van der Waals surface area (Å²) in [5.74, 6) is -1.08. The summed E-state index contributed by atoms with van der Waals surface area (Å²) in [5, 5.41) is 11.2. The molecule has 1 amide bonds. The van der Waals surface area contributed by atoms with E-state index in [0.29, 0.717) is 19.5 Å². The van der Waals surface area contributed by atoms with E-state index in [-0.39, 0.29) is 11.8 Å². The molecule has 0 bridgehead atoms. The van der Waals surface area contributed by atoms with Gasteiger partial charge >= 0.3 is 5.97 Å². The van der Waals surface area contributed by atoms with Crippen molar-refractivity contribution in [2.75, 3.05) is 13.1 Å². The summed E-state index contributed by atoms with van der Waals surface area (Å²) < 4.78 is 0. The van der Waals surface area contributed by atoms with Crippen LogP contribution in [0.3, 0.4) is 0 Å². The van der Waals surface area contributed by atoms with Gasteiger partial charge in [-0.1, -0.05) is 0 Å². The van der Waals surface area contributed by atoms with E-state index in [1.54, 1.807) is 16.2 Å². The van der Waals surface area contributed by atoms with Crippen molar-refractivity contribution in [3.63, 3.8) is 0 Å². The van der Waals surface area contributed by atoms with Gasteiger partial charge in [0.25, 0.3) is 0 Å². The van der Waals surface area contributed by atoms with Gasteiger partial charge in [-0.25, -0.2) is 0 Å². The van der Waals surface area contributed by atoms with Crippen molar-refractivity contribution in [2.24, 2.45) is 5.92 Å². The van der Waals surface area contributed by atoms with E-state index in [4.69, 9.17) is 5.11 Å². The molecule has 1 aliphatic carbocycles. The first-order valence-corrected chi connectivity index (χ1v) is 8.12. The SMILES string of the molecule is O=C(O)[C@@H]1CCCN(C(=O)[C@H]2CCCc3sccc32)C1. The predicted molar refractivity (Wildman–Crippen MR) is 76.9 cm³/mol. The molecule has 1 aliphatic heterocycles. The van der Waals surface area contributed by atoms with Crippen molar-refractivity contribution in [3.8, 4) is 0 Å². The average Bonchev–Trinajstić information content (AvgIpc) is 2.95. The van der Waals surface area contributed by atoms with Crippen LogP contribution in [0.25, 0.3) is 0 Å². The summed E-state index contributed by atoms with van der Waals surface area (Å²) in [6.07, 6.45) is 4.52. The Morgan fingerprint density at radius 1 is 1.30 bits per heavy atom. The Hall–Kier alpha value is -1.36. The highest BCUT2D eigenvalue weighted by Crippen LogP contribution is 2.36. The van der Waals surface area contributed by atoms with Crippen molar-refractivity contribution >= 4 is 23.2 Å². The zero-order valence-electron chi connectivity index (χ0n) is 11.4. The molecular formula is C15H19NO3S. The fraction of sp³-hybridized carbons (Fsp3) is 0.600. The summed E-state index contributed by atoms with van der Waals surface area (Å²) in [7, 11) is 0. The van der Waals surface area contributed by atoms with Crippen molar-refractivity contribution in [1.82, 2.24) is 4.90 Å². The number of thiophene rings is 1. The maximum atomic E-state index is 12.7. The molecule has 0 unspecified atom stereocenters. The minimum atomic E-state index is -0.776. The molecule has 0 saturated carbocycles. The van der Waals surface area contributed by atoms with Gasteiger partial charge in [-0.05, 0) is 49.1 Å². The van der Waals surface area contributed by atoms with Crippen LogP contribution in [0.4, 0.5) is 0 Å². The second kappa shape index (κ2) is 5.56. The van der Waals surface area contributed by atoms with Crippen LogP contribution in [0.15, 0.2) is 11.4 Å². The number of amides is 1. The lowest BCUT2D eigenvalue weighted by Gasteiger charge is -2.34. The van der Waals surface area contributed by atoms with Crippen molar-refractivity contribution in [3.05, 3.63) is 21.9 Å². The Kier molecular flexibility index (Phi) is 3.78. The number of carboxylic acid groups (broad SMARTS) is 1. The smallest absolute Gasteiger partial charge is 0.308 e. The molecule has 5 heteroatoms. The van der Waals surface area contributed by atoms with Gasteiger partial charge in [0.1, 0.15) is 0 Å². The molecule has 2 atom stereocenters. The third-order valence-electron chi connectivity index (χ3n) is 4.43. The lowest BCUT2D eigenvalue weighted by molar-refractivity contribution is -0.146. The quantitative estimate of drug-likeness (QED) is 0.911. The number of aryl methyl sites for hydroxylation is 1. The van der Waals surface area contributed by atoms with Crippen LogP contribution in [0.5, 0.6) is 0 Å². The first-order valence-electron chi connectivity index (χ1n) is 7.24. The Bertz CT molecular complexity index is 525. The molecule has 1 saturated heterocycles. The molecular weight excluding hydrogens is 274 g/mol. The highest BCUT2D eigenvalue weighted by Gasteiger charge is 2.34. The topological polar surface area (TPSA) is 57.6 Å². The summed E-state index contributed by atoms with van der Waals surface area (Å²) in [6, 6.07) is 2.07. The van der Waals surface area contributed by atoms with Crippen molar-refractivity contribution in [1.29, 1.82) is 0 Å². The third kappa shape index (κ3) is 2.46. The van der Waals surface area contributed by atoms with Gasteiger partial charge in [-0.2, -0.15) is 0 Å². The fourth-order valence-corrected chi connectivity index (χ4v) is 4.33. The summed E-state index contributed by atoms with van der Waals surface area (Å²) in [6.45, 7) is 1.09. The number of fused-ring (bicyclic) bond motifs is 1. The second-order valence-corrected chi connectivity index (χ2v) is 6.71. The minimum absolute atomic E-state index is 0.0439. The maximum Gasteiger partial charge on any atom is 0.308 e. The van der Waals surface area contributed by atoms with E-state index in [1.807, 2.05) is 0 Å². The number of likely N-dealkylation sites (tertiary alicyclic amines) is 1. The molecule has 2 aliphatic rings. The summed E-state index contributed by atoms with van der Waals surface area (Å²) in [4.78, 5) is 27.0. The van der Waals surface area contributed by atoms with E-state index < -0.39 is 11.9 Å². The number of carbonyl (C=O) groups excluding carboxylic acids is 1. The molecule has 20 heavy (non-hydrogen) atoms. The second-order valence-electron chi connectivity index (χ2n) is 5.71. The van der Waals surface area contributed by atoms with Crippen LogP contribution in [-0.4, -0.2) is 35.0 Å². The van der Waals surface area contributed by atoms with E-state index in [0.717, 1.165) is 25.7 Å². The standard InChI is InChI=1S/C15H19NO3S/c17-14(16-7-2-3-10(9-16)15(18)19)12-4-1-5-13-11(12)6-8-20-13/h6,8,10,12H,1-5,7,9H2,(H,18,19)/t10-,12+/m1/s1. The number of aliphatic carboxylic acids is 1. The number of carboxylic acids is 1. The van der Waals surface area contributed by atoms with E-state index >= 15 is 0 Å². The van der Waals surface area contributed by atoms with Crippen molar-refractivity contribution in [2.45, 2.75) is 38.0 Å². The molecule has 1 fully saturated rings. The number of piperidine rings is 1. The molecule has 0 spiro atoms. The third-order valence-corrected chi connectivity index (χ3v) is 5.43. The average molecular weight is 293 g/mol. The maximum absolute atomic E-state index is 12.7. The van der Waals surface area contributed by atoms with E-state index in [1.165, 1.54) is 10.4 Å². The van der Waals surface area contributed by atoms with Crippen LogP contribution in [0, 0.1) is 5.92 Å². The number of hydrogen-bond donors (Lipinski definition) is 1. The Labute approximate surface area is 122 Å². The van der Waals surface area contributed by atoms with Crippen LogP contribution in [-0.2, 0) is 16.0 Å². The van der Waals surface area contributed by atoms with E-state index in [2.05, 4.69) is 11.4 Å². The van der Waals surface area contributed by atoms with Gasteiger partial charge < -0.3 is 10.0 Å². The van der Waals surface area contributed by atoms with Gasteiger partial charge in [-0.3, -0.25) is 9.59 Å². The monoisotopic (exact) mass is 293 g/mol.